The van der Waals surface area contributed by atoms with Gasteiger partial charge >= 0.3 is 0 Å². The van der Waals surface area contributed by atoms with Crippen LogP contribution in [0.25, 0.3) is 0 Å². The topological polar surface area (TPSA) is 81.7 Å². The molecule has 162 valence electrons. The molecule has 2 aromatic rings. The van der Waals surface area contributed by atoms with E-state index in [0.717, 1.165) is 38.3 Å². The fraction of sp³-hybridized carbons (Fsp3) is 0.381. The molecule has 0 atom stereocenters. The van der Waals surface area contributed by atoms with Crippen LogP contribution in [0.5, 0.6) is 0 Å². The Bertz CT molecular complexity index is 1010. The van der Waals surface area contributed by atoms with Crippen molar-refractivity contribution in [2.24, 2.45) is 0 Å². The van der Waals surface area contributed by atoms with Gasteiger partial charge in [0.05, 0.1) is 15.5 Å². The second-order valence-corrected chi connectivity index (χ2v) is 9.72. The van der Waals surface area contributed by atoms with E-state index in [9.17, 15) is 13.2 Å². The predicted molar refractivity (Wildman–Crippen MR) is 118 cm³/mol. The number of benzene rings is 2. The number of rotatable bonds is 7. The van der Waals surface area contributed by atoms with Gasteiger partial charge in [0, 0.05) is 39.3 Å². The van der Waals surface area contributed by atoms with Crippen LogP contribution in [0, 0.1) is 0 Å². The standard InChI is InChI=1S/C21H27ClN4O3S/c1-23-30(28,29)18-6-7-20(22)19(13-18)21(27)24-14-16-4-3-5-17(12-16)15-26-10-8-25(2)9-11-26/h3-7,12-13,23H,8-11,14-15H2,1-2H3,(H,24,27). The van der Waals surface area contributed by atoms with Crippen LogP contribution in [-0.2, 0) is 23.1 Å². The average Bonchev–Trinajstić information content (AvgIpc) is 2.74. The third-order valence-corrected chi connectivity index (χ3v) is 6.95. The quantitative estimate of drug-likeness (QED) is 0.673. The minimum absolute atomic E-state index is 0.00581. The number of nitrogens with zero attached hydrogens (tertiary/aromatic N) is 2. The molecule has 1 fully saturated rings. The zero-order valence-corrected chi connectivity index (χ0v) is 18.8. The second kappa shape index (κ2) is 9.89. The molecule has 0 aliphatic carbocycles. The predicted octanol–water partition coefficient (Wildman–Crippen LogP) is 1.93. The number of likely N-dealkylation sites (N-methyl/N-ethyl adjacent to an activating group) is 1. The zero-order chi connectivity index (χ0) is 21.7. The second-order valence-electron chi connectivity index (χ2n) is 7.43. The fourth-order valence-electron chi connectivity index (χ4n) is 3.34. The Morgan fingerprint density at radius 3 is 2.47 bits per heavy atom. The molecular formula is C21H27ClN4O3S. The van der Waals surface area contributed by atoms with Gasteiger partial charge in [0.25, 0.3) is 5.91 Å². The van der Waals surface area contributed by atoms with Crippen molar-refractivity contribution in [3.05, 3.63) is 64.2 Å². The molecule has 2 N–H and O–H groups in total. The SMILES string of the molecule is CNS(=O)(=O)c1ccc(Cl)c(C(=O)NCc2cccc(CN3CCN(C)CC3)c2)c1. The maximum atomic E-state index is 12.6. The molecule has 1 aliphatic heterocycles. The van der Waals surface area contributed by atoms with Crippen molar-refractivity contribution in [2.75, 3.05) is 40.3 Å². The van der Waals surface area contributed by atoms with E-state index in [0.29, 0.717) is 6.54 Å². The van der Waals surface area contributed by atoms with Crippen LogP contribution < -0.4 is 10.0 Å². The van der Waals surface area contributed by atoms with Gasteiger partial charge in [-0.1, -0.05) is 35.9 Å². The maximum Gasteiger partial charge on any atom is 0.253 e. The van der Waals surface area contributed by atoms with E-state index in [-0.39, 0.29) is 15.5 Å². The highest BCUT2D eigenvalue weighted by molar-refractivity contribution is 7.89. The monoisotopic (exact) mass is 450 g/mol. The Kier molecular flexibility index (Phi) is 7.49. The van der Waals surface area contributed by atoms with E-state index < -0.39 is 15.9 Å². The van der Waals surface area contributed by atoms with Gasteiger partial charge in [-0.2, -0.15) is 0 Å². The van der Waals surface area contributed by atoms with Gasteiger partial charge in [-0.05, 0) is 43.4 Å². The number of carbonyl (C=O) groups is 1. The molecule has 0 radical (unpaired) electrons. The molecule has 1 amide bonds. The van der Waals surface area contributed by atoms with Crippen LogP contribution in [0.1, 0.15) is 21.5 Å². The number of amides is 1. The van der Waals surface area contributed by atoms with E-state index in [1.807, 2.05) is 12.1 Å². The van der Waals surface area contributed by atoms with Crippen molar-refractivity contribution in [1.29, 1.82) is 0 Å². The summed E-state index contributed by atoms with van der Waals surface area (Å²) < 4.78 is 26.2. The van der Waals surface area contributed by atoms with Crippen molar-refractivity contribution in [1.82, 2.24) is 19.8 Å². The van der Waals surface area contributed by atoms with Gasteiger partial charge in [-0.25, -0.2) is 13.1 Å². The molecule has 0 aromatic heterocycles. The summed E-state index contributed by atoms with van der Waals surface area (Å²) in [6.45, 7) is 5.43. The highest BCUT2D eigenvalue weighted by atomic mass is 35.5. The maximum absolute atomic E-state index is 12.6. The van der Waals surface area contributed by atoms with Crippen LogP contribution in [0.4, 0.5) is 0 Å². The van der Waals surface area contributed by atoms with Crippen LogP contribution in [-0.4, -0.2) is 64.4 Å². The van der Waals surface area contributed by atoms with Crippen LogP contribution >= 0.6 is 11.6 Å². The number of hydrogen-bond donors (Lipinski definition) is 2. The van der Waals surface area contributed by atoms with Crippen molar-refractivity contribution in [3.63, 3.8) is 0 Å². The number of carbonyl (C=O) groups excluding carboxylic acids is 1. The Labute approximate surface area is 183 Å². The molecule has 3 rings (SSSR count). The third-order valence-electron chi connectivity index (χ3n) is 5.21. The lowest BCUT2D eigenvalue weighted by Gasteiger charge is -2.32. The minimum atomic E-state index is -3.66. The van der Waals surface area contributed by atoms with E-state index in [2.05, 4.69) is 39.0 Å². The van der Waals surface area contributed by atoms with Crippen LogP contribution in [0.3, 0.4) is 0 Å². The number of hydrogen-bond acceptors (Lipinski definition) is 5. The lowest BCUT2D eigenvalue weighted by Crippen LogP contribution is -2.43. The lowest BCUT2D eigenvalue weighted by atomic mass is 10.1. The Hall–Kier alpha value is -1.97. The van der Waals surface area contributed by atoms with E-state index in [1.54, 1.807) is 0 Å². The molecule has 0 unspecified atom stereocenters. The number of halogens is 1. The molecule has 1 saturated heterocycles. The highest BCUT2D eigenvalue weighted by Gasteiger charge is 2.18. The summed E-state index contributed by atoms with van der Waals surface area (Å²) in [7, 11) is -0.204. The first-order valence-corrected chi connectivity index (χ1v) is 11.6. The molecule has 0 saturated carbocycles. The Morgan fingerprint density at radius 2 is 1.77 bits per heavy atom. The summed E-state index contributed by atoms with van der Waals surface area (Å²) >= 11 is 6.13. The van der Waals surface area contributed by atoms with E-state index in [1.165, 1.54) is 30.8 Å². The molecule has 9 heteroatoms. The van der Waals surface area contributed by atoms with Gasteiger partial charge in [0.15, 0.2) is 0 Å². The first kappa shape index (κ1) is 22.7. The minimum Gasteiger partial charge on any atom is -0.348 e. The first-order valence-electron chi connectivity index (χ1n) is 9.78. The molecule has 0 bridgehead atoms. The summed E-state index contributed by atoms with van der Waals surface area (Å²) in [5.74, 6) is -0.419. The molecule has 1 heterocycles. The summed E-state index contributed by atoms with van der Waals surface area (Å²) in [6.07, 6.45) is 0. The normalized spacial score (nSPS) is 15.8. The van der Waals surface area contributed by atoms with Gasteiger partial charge in [-0.3, -0.25) is 9.69 Å². The van der Waals surface area contributed by atoms with Gasteiger partial charge in [0.2, 0.25) is 10.0 Å². The van der Waals surface area contributed by atoms with Crippen molar-refractivity contribution in [3.8, 4) is 0 Å². The van der Waals surface area contributed by atoms with Crippen molar-refractivity contribution >= 4 is 27.5 Å². The smallest absolute Gasteiger partial charge is 0.253 e. The summed E-state index contributed by atoms with van der Waals surface area (Å²) in [5, 5.41) is 3.03. The highest BCUT2D eigenvalue weighted by Crippen LogP contribution is 2.20. The van der Waals surface area contributed by atoms with Crippen LogP contribution in [0.15, 0.2) is 47.4 Å². The van der Waals surface area contributed by atoms with Crippen molar-refractivity contribution < 1.29 is 13.2 Å². The molecule has 1 aliphatic rings. The fourth-order valence-corrected chi connectivity index (χ4v) is 4.30. The summed E-state index contributed by atoms with van der Waals surface area (Å²) in [6, 6.07) is 12.2. The summed E-state index contributed by atoms with van der Waals surface area (Å²) in [4.78, 5) is 17.4. The van der Waals surface area contributed by atoms with E-state index in [4.69, 9.17) is 11.6 Å². The zero-order valence-electron chi connectivity index (χ0n) is 17.2. The molecular weight excluding hydrogens is 424 g/mol. The number of sulfonamides is 1. The Morgan fingerprint density at radius 1 is 1.07 bits per heavy atom. The van der Waals surface area contributed by atoms with Crippen LogP contribution in [0.2, 0.25) is 5.02 Å². The molecule has 7 nitrogen and oxygen atoms in total. The molecule has 0 spiro atoms. The molecule has 2 aromatic carbocycles. The lowest BCUT2D eigenvalue weighted by molar-refractivity contribution is 0.0951. The van der Waals surface area contributed by atoms with E-state index >= 15 is 0 Å². The number of piperazine rings is 1. The van der Waals surface area contributed by atoms with Gasteiger partial charge in [-0.15, -0.1) is 0 Å². The van der Waals surface area contributed by atoms with Gasteiger partial charge in [0.1, 0.15) is 0 Å². The number of nitrogens with one attached hydrogen (secondary N) is 2. The van der Waals surface area contributed by atoms with Crippen molar-refractivity contribution in [2.45, 2.75) is 18.0 Å². The molecule has 30 heavy (non-hydrogen) atoms. The first-order chi connectivity index (χ1) is 14.3. The largest absolute Gasteiger partial charge is 0.348 e. The van der Waals surface area contributed by atoms with Gasteiger partial charge < -0.3 is 10.2 Å². The Balaban J connectivity index is 1.64. The summed E-state index contributed by atoms with van der Waals surface area (Å²) in [5.41, 5.74) is 2.30. The average molecular weight is 451 g/mol. The third kappa shape index (κ3) is 5.80.